The molecule has 0 aromatic heterocycles. The maximum Gasteiger partial charge on any atom is 0.175 e. The number of halogens is 1. The third kappa shape index (κ3) is 5.84. The van der Waals surface area contributed by atoms with Crippen LogP contribution in [0.3, 0.4) is 0 Å². The summed E-state index contributed by atoms with van der Waals surface area (Å²) in [6.45, 7) is 4.08. The van der Waals surface area contributed by atoms with Crippen LogP contribution in [0.25, 0.3) is 0 Å². The summed E-state index contributed by atoms with van der Waals surface area (Å²) < 4.78 is 35.0. The van der Waals surface area contributed by atoms with Gasteiger partial charge in [0.2, 0.25) is 0 Å². The monoisotopic (exact) mass is 380 g/mol. The second kappa shape index (κ2) is 8.60. The van der Waals surface area contributed by atoms with Crippen molar-refractivity contribution in [1.29, 1.82) is 0 Å². The Hall–Kier alpha value is -0.790. The minimum absolute atomic E-state index is 0.0272. The van der Waals surface area contributed by atoms with E-state index in [1.807, 2.05) is 13.8 Å². The van der Waals surface area contributed by atoms with Gasteiger partial charge in [0.05, 0.1) is 29.2 Å². The lowest BCUT2D eigenvalue weighted by Crippen LogP contribution is -2.17. The van der Waals surface area contributed by atoms with E-state index in [4.69, 9.17) is 9.47 Å². The van der Waals surface area contributed by atoms with Crippen LogP contribution < -0.4 is 9.47 Å². The van der Waals surface area contributed by atoms with Crippen molar-refractivity contribution in [3.05, 3.63) is 22.2 Å². The van der Waals surface area contributed by atoms with Crippen molar-refractivity contribution in [3.8, 4) is 11.5 Å². The van der Waals surface area contributed by atoms with Gasteiger partial charge in [0.1, 0.15) is 6.61 Å². The zero-order chi connectivity index (χ0) is 15.9. The van der Waals surface area contributed by atoms with Gasteiger partial charge >= 0.3 is 0 Å². The van der Waals surface area contributed by atoms with Crippen molar-refractivity contribution in [1.82, 2.24) is 0 Å². The molecule has 0 fully saturated rings. The third-order valence-corrected chi connectivity index (χ3v) is 5.12. The van der Waals surface area contributed by atoms with E-state index in [0.717, 1.165) is 0 Å². The van der Waals surface area contributed by atoms with Gasteiger partial charge < -0.3 is 14.6 Å². The summed E-state index contributed by atoms with van der Waals surface area (Å²) in [5.41, 5.74) is 0.691. The quantitative estimate of drug-likeness (QED) is 0.712. The molecular formula is C14H21BrO5S. The lowest BCUT2D eigenvalue weighted by Gasteiger charge is -2.15. The number of benzene rings is 1. The molecule has 0 aliphatic heterocycles. The van der Waals surface area contributed by atoms with Crippen molar-refractivity contribution in [2.45, 2.75) is 26.9 Å². The van der Waals surface area contributed by atoms with Crippen LogP contribution in [0.2, 0.25) is 0 Å². The van der Waals surface area contributed by atoms with Crippen LogP contribution in [0.4, 0.5) is 0 Å². The van der Waals surface area contributed by atoms with Crippen molar-refractivity contribution < 1.29 is 23.0 Å². The van der Waals surface area contributed by atoms with Gasteiger partial charge in [-0.2, -0.15) is 0 Å². The second-order valence-electron chi connectivity index (χ2n) is 4.50. The summed E-state index contributed by atoms with van der Waals surface area (Å²) in [7, 11) is -3.07. The molecule has 0 aliphatic rings. The number of hydrogen-bond acceptors (Lipinski definition) is 5. The Bertz CT molecular complexity index is 557. The van der Waals surface area contributed by atoms with Gasteiger partial charge in [-0.15, -0.1) is 0 Å². The fraction of sp³-hybridized carbons (Fsp3) is 0.571. The van der Waals surface area contributed by atoms with Gasteiger partial charge in [-0.05, 0) is 47.0 Å². The van der Waals surface area contributed by atoms with Crippen LogP contribution in [-0.2, 0) is 16.4 Å². The Balaban J connectivity index is 2.82. The van der Waals surface area contributed by atoms with Crippen LogP contribution in [0.5, 0.6) is 11.5 Å². The van der Waals surface area contributed by atoms with E-state index in [-0.39, 0.29) is 24.7 Å². The Morgan fingerprint density at radius 3 is 2.48 bits per heavy atom. The number of aliphatic hydroxyl groups is 1. The molecule has 1 aromatic rings. The molecule has 0 amide bonds. The predicted octanol–water partition coefficient (Wildman–Crippen LogP) is 2.54. The zero-order valence-corrected chi connectivity index (χ0v) is 14.7. The molecule has 0 heterocycles. The topological polar surface area (TPSA) is 72.8 Å². The fourth-order valence-electron chi connectivity index (χ4n) is 1.80. The largest absolute Gasteiger partial charge is 0.490 e. The van der Waals surface area contributed by atoms with E-state index in [2.05, 4.69) is 15.9 Å². The first-order valence-electron chi connectivity index (χ1n) is 6.82. The van der Waals surface area contributed by atoms with Gasteiger partial charge in [-0.25, -0.2) is 8.42 Å². The number of aliphatic hydroxyl groups excluding tert-OH is 1. The summed E-state index contributed by atoms with van der Waals surface area (Å²) in [5, 5.41) is 9.19. The SMILES string of the molecule is CCCS(=O)(=O)CCOc1c(Br)cc(CO)cc1OCC. The molecule has 0 saturated heterocycles. The van der Waals surface area contributed by atoms with Crippen LogP contribution in [0.1, 0.15) is 25.8 Å². The van der Waals surface area contributed by atoms with Crippen LogP contribution in [0.15, 0.2) is 16.6 Å². The fourth-order valence-corrected chi connectivity index (χ4v) is 3.57. The number of ether oxygens (including phenoxy) is 2. The van der Waals surface area contributed by atoms with Crippen molar-refractivity contribution in [3.63, 3.8) is 0 Å². The molecule has 0 aliphatic carbocycles. The maximum absolute atomic E-state index is 11.7. The highest BCUT2D eigenvalue weighted by Gasteiger charge is 2.14. The van der Waals surface area contributed by atoms with Crippen LogP contribution in [0, 0.1) is 0 Å². The zero-order valence-electron chi connectivity index (χ0n) is 12.3. The third-order valence-electron chi connectivity index (χ3n) is 2.71. The number of sulfone groups is 1. The number of rotatable bonds is 9. The smallest absolute Gasteiger partial charge is 0.175 e. The van der Waals surface area contributed by atoms with Crippen LogP contribution >= 0.6 is 15.9 Å². The molecule has 120 valence electrons. The normalized spacial score (nSPS) is 11.4. The average molecular weight is 381 g/mol. The molecular weight excluding hydrogens is 360 g/mol. The molecule has 0 saturated carbocycles. The van der Waals surface area contributed by atoms with E-state index in [9.17, 15) is 13.5 Å². The Labute approximate surface area is 134 Å². The van der Waals surface area contributed by atoms with Gasteiger partial charge in [-0.3, -0.25) is 0 Å². The van der Waals surface area contributed by atoms with E-state index in [1.54, 1.807) is 12.1 Å². The predicted molar refractivity (Wildman–Crippen MR) is 85.7 cm³/mol. The highest BCUT2D eigenvalue weighted by atomic mass is 79.9. The highest BCUT2D eigenvalue weighted by molar-refractivity contribution is 9.10. The van der Waals surface area contributed by atoms with Gasteiger partial charge in [0, 0.05) is 0 Å². The Morgan fingerprint density at radius 1 is 1.19 bits per heavy atom. The molecule has 5 nitrogen and oxygen atoms in total. The van der Waals surface area contributed by atoms with Crippen LogP contribution in [-0.4, -0.2) is 38.2 Å². The maximum atomic E-state index is 11.7. The molecule has 0 bridgehead atoms. The average Bonchev–Trinajstić information content (AvgIpc) is 2.41. The van der Waals surface area contributed by atoms with E-state index in [0.29, 0.717) is 34.6 Å². The van der Waals surface area contributed by atoms with E-state index >= 15 is 0 Å². The van der Waals surface area contributed by atoms with Gasteiger partial charge in [0.25, 0.3) is 0 Å². The highest BCUT2D eigenvalue weighted by Crippen LogP contribution is 2.37. The molecule has 1 aromatic carbocycles. The molecule has 0 spiro atoms. The molecule has 7 heteroatoms. The standard InChI is InChI=1S/C14H21BrO5S/c1-3-6-21(17,18)7-5-20-14-12(15)8-11(10-16)9-13(14)19-4-2/h8-9,16H,3-7,10H2,1-2H3. The van der Waals surface area contributed by atoms with Gasteiger partial charge in [-0.1, -0.05) is 6.92 Å². The lowest BCUT2D eigenvalue weighted by atomic mass is 10.2. The summed E-state index contributed by atoms with van der Waals surface area (Å²) in [6.07, 6.45) is 0.599. The summed E-state index contributed by atoms with van der Waals surface area (Å²) in [6, 6.07) is 3.41. The first-order chi connectivity index (χ1) is 9.93. The lowest BCUT2D eigenvalue weighted by molar-refractivity contribution is 0.273. The molecule has 0 atom stereocenters. The Kier molecular flexibility index (Phi) is 7.48. The summed E-state index contributed by atoms with van der Waals surface area (Å²) in [5.74, 6) is 1.09. The summed E-state index contributed by atoms with van der Waals surface area (Å²) >= 11 is 3.35. The molecule has 0 radical (unpaired) electrons. The van der Waals surface area contributed by atoms with E-state index < -0.39 is 9.84 Å². The van der Waals surface area contributed by atoms with Gasteiger partial charge in [0.15, 0.2) is 21.3 Å². The van der Waals surface area contributed by atoms with E-state index in [1.165, 1.54) is 0 Å². The van der Waals surface area contributed by atoms with Crippen molar-refractivity contribution in [2.24, 2.45) is 0 Å². The first-order valence-corrected chi connectivity index (χ1v) is 9.44. The minimum Gasteiger partial charge on any atom is -0.490 e. The molecule has 1 N–H and O–H groups in total. The van der Waals surface area contributed by atoms with Crippen molar-refractivity contribution >= 4 is 25.8 Å². The van der Waals surface area contributed by atoms with Crippen molar-refractivity contribution in [2.75, 3.05) is 24.7 Å². The molecule has 0 unspecified atom stereocenters. The Morgan fingerprint density at radius 2 is 1.90 bits per heavy atom. The number of hydrogen-bond donors (Lipinski definition) is 1. The molecule has 21 heavy (non-hydrogen) atoms. The first kappa shape index (κ1) is 18.3. The molecule has 1 rings (SSSR count). The summed E-state index contributed by atoms with van der Waals surface area (Å²) in [4.78, 5) is 0. The minimum atomic E-state index is -3.07. The second-order valence-corrected chi connectivity index (χ2v) is 7.65.